The molecule has 18 N–H and O–H groups in total. The van der Waals surface area contributed by atoms with Gasteiger partial charge in [0.25, 0.3) is 0 Å². The van der Waals surface area contributed by atoms with Crippen molar-refractivity contribution in [2.75, 3.05) is 72.0 Å². The van der Waals surface area contributed by atoms with Gasteiger partial charge in [-0.25, -0.2) is 0 Å². The molecule has 0 aliphatic carbocycles. The van der Waals surface area contributed by atoms with E-state index in [2.05, 4.69) is 57.9 Å². The fourth-order valence-electron chi connectivity index (χ4n) is 10.3. The SMILES string of the molecule is CCCCCCCC/C=C\CCCCCCCCNC(=O)[C@H](CCCCNC(=O)[C@@H](N)CCCCN)NC(=O)C(CCCCCCCCCCCCCC)C(=O)NCCN(CCNC(=O)[C@@H](N)CCCCN)CCNC(=O)[C@@H](N)CCCCN. The summed E-state index contributed by atoms with van der Waals surface area (Å²) in [6.45, 7) is 8.96. The molecule has 0 spiro atoms. The first-order chi connectivity index (χ1) is 40.9. The Balaban J connectivity index is 6.01. The van der Waals surface area contributed by atoms with Gasteiger partial charge in [-0.2, -0.15) is 0 Å². The van der Waals surface area contributed by atoms with Crippen molar-refractivity contribution in [1.82, 2.24) is 36.8 Å². The summed E-state index contributed by atoms with van der Waals surface area (Å²) >= 11 is 0. The molecule has 0 heterocycles. The zero-order valence-corrected chi connectivity index (χ0v) is 53.8. The van der Waals surface area contributed by atoms with Crippen LogP contribution in [0, 0.1) is 5.92 Å². The Morgan fingerprint density at radius 3 is 1.05 bits per heavy atom. The molecule has 0 saturated heterocycles. The van der Waals surface area contributed by atoms with Gasteiger partial charge in [0.1, 0.15) is 12.0 Å². The maximum absolute atomic E-state index is 14.5. The molecule has 0 aromatic rings. The van der Waals surface area contributed by atoms with Gasteiger partial charge in [0, 0.05) is 52.4 Å². The van der Waals surface area contributed by atoms with Crippen LogP contribution in [0.25, 0.3) is 0 Å². The van der Waals surface area contributed by atoms with Gasteiger partial charge < -0.3 is 66.3 Å². The molecule has 6 amide bonds. The number of nitrogens with zero attached hydrogens (tertiary/aromatic N) is 1. The number of allylic oxidation sites excluding steroid dienone is 2. The van der Waals surface area contributed by atoms with Crippen molar-refractivity contribution in [2.45, 2.75) is 288 Å². The molecule has 19 heteroatoms. The largest absolute Gasteiger partial charge is 0.355 e. The smallest absolute Gasteiger partial charge is 0.242 e. The minimum Gasteiger partial charge on any atom is -0.355 e. The number of amides is 6. The van der Waals surface area contributed by atoms with E-state index in [4.69, 9.17) is 34.4 Å². The number of unbranched alkanes of at least 4 members (excludes halogenated alkanes) is 27. The normalized spacial score (nSPS) is 13.3. The Morgan fingerprint density at radius 1 is 0.333 bits per heavy atom. The number of carbonyl (C=O) groups is 6. The molecule has 0 aromatic carbocycles. The maximum Gasteiger partial charge on any atom is 0.242 e. The quantitative estimate of drug-likeness (QED) is 0.0158. The molecule has 0 saturated carbocycles. The van der Waals surface area contributed by atoms with Crippen molar-refractivity contribution < 1.29 is 28.8 Å². The monoisotopic (exact) mass is 1190 g/mol. The lowest BCUT2D eigenvalue weighted by Crippen LogP contribution is -2.51. The van der Waals surface area contributed by atoms with Crippen molar-refractivity contribution in [2.24, 2.45) is 40.3 Å². The number of carbonyl (C=O) groups excluding carboxylic acids is 6. The Labute approximate surface area is 511 Å². The number of hydrogen-bond acceptors (Lipinski definition) is 13. The fraction of sp³-hybridized carbons (Fsp3) is 0.877. The summed E-state index contributed by atoms with van der Waals surface area (Å²) in [4.78, 5) is 83.1. The molecule has 19 nitrogen and oxygen atoms in total. The Morgan fingerprint density at radius 2 is 0.643 bits per heavy atom. The van der Waals surface area contributed by atoms with E-state index in [1.165, 1.54) is 109 Å². The number of hydrogen-bond donors (Lipinski definition) is 12. The molecule has 492 valence electrons. The van der Waals surface area contributed by atoms with Gasteiger partial charge in [-0.3, -0.25) is 33.7 Å². The van der Waals surface area contributed by atoms with Gasteiger partial charge in [-0.1, -0.05) is 180 Å². The zero-order chi connectivity index (χ0) is 61.9. The second kappa shape index (κ2) is 59.6. The van der Waals surface area contributed by atoms with Crippen LogP contribution in [0.4, 0.5) is 0 Å². The van der Waals surface area contributed by atoms with E-state index in [9.17, 15) is 28.8 Å². The minimum absolute atomic E-state index is 0.197. The van der Waals surface area contributed by atoms with Crippen LogP contribution in [-0.2, 0) is 28.8 Å². The van der Waals surface area contributed by atoms with Gasteiger partial charge in [0.2, 0.25) is 35.4 Å². The van der Waals surface area contributed by atoms with Gasteiger partial charge in [0.15, 0.2) is 0 Å². The van der Waals surface area contributed by atoms with Gasteiger partial charge in [0.05, 0.1) is 18.1 Å². The predicted octanol–water partition coefficient (Wildman–Crippen LogP) is 7.64. The average molecular weight is 1190 g/mol. The van der Waals surface area contributed by atoms with Crippen molar-refractivity contribution >= 4 is 35.4 Å². The first-order valence-corrected chi connectivity index (χ1v) is 34.3. The van der Waals surface area contributed by atoms with Crippen LogP contribution in [0.2, 0.25) is 0 Å². The van der Waals surface area contributed by atoms with Gasteiger partial charge in [-0.05, 0) is 116 Å². The lowest BCUT2D eigenvalue weighted by atomic mass is 9.97. The second-order valence-electron chi connectivity index (χ2n) is 23.7. The lowest BCUT2D eigenvalue weighted by molar-refractivity contribution is -0.138. The molecule has 0 rings (SSSR count). The molecule has 0 aliphatic heterocycles. The van der Waals surface area contributed by atoms with Gasteiger partial charge >= 0.3 is 0 Å². The van der Waals surface area contributed by atoms with Crippen LogP contribution in [-0.4, -0.2) is 137 Å². The summed E-state index contributed by atoms with van der Waals surface area (Å²) < 4.78 is 0. The molecule has 0 radical (unpaired) electrons. The number of rotatable bonds is 62. The maximum atomic E-state index is 14.5. The molecule has 5 atom stereocenters. The highest BCUT2D eigenvalue weighted by molar-refractivity contribution is 6.01. The third-order valence-electron chi connectivity index (χ3n) is 15.9. The minimum atomic E-state index is -1.03. The summed E-state index contributed by atoms with van der Waals surface area (Å²) in [7, 11) is 0. The topological polar surface area (TPSA) is 334 Å². The van der Waals surface area contributed by atoms with E-state index in [0.29, 0.717) is 117 Å². The summed E-state index contributed by atoms with van der Waals surface area (Å²) in [6.07, 6.45) is 43.2. The molecule has 0 aliphatic rings. The molecular formula is C65H131N13O6. The zero-order valence-electron chi connectivity index (χ0n) is 53.8. The van der Waals surface area contributed by atoms with E-state index in [1.807, 2.05) is 4.90 Å². The summed E-state index contributed by atoms with van der Waals surface area (Å²) in [5.74, 6) is -2.95. The van der Waals surface area contributed by atoms with Crippen molar-refractivity contribution in [1.29, 1.82) is 0 Å². The van der Waals surface area contributed by atoms with Crippen LogP contribution in [0.1, 0.15) is 264 Å². The van der Waals surface area contributed by atoms with Crippen molar-refractivity contribution in [3.8, 4) is 0 Å². The second-order valence-corrected chi connectivity index (χ2v) is 23.7. The van der Waals surface area contributed by atoms with E-state index in [0.717, 1.165) is 89.9 Å². The summed E-state index contributed by atoms with van der Waals surface area (Å²) in [5, 5.41) is 17.9. The van der Waals surface area contributed by atoms with Crippen LogP contribution < -0.4 is 66.3 Å². The Kier molecular flexibility index (Phi) is 57.0. The van der Waals surface area contributed by atoms with Crippen LogP contribution in [0.15, 0.2) is 12.2 Å². The van der Waals surface area contributed by atoms with E-state index >= 15 is 0 Å². The highest BCUT2D eigenvalue weighted by Gasteiger charge is 2.30. The first kappa shape index (κ1) is 80.3. The molecule has 1 unspecified atom stereocenters. The first-order valence-electron chi connectivity index (χ1n) is 34.3. The predicted molar refractivity (Wildman–Crippen MR) is 349 cm³/mol. The highest BCUT2D eigenvalue weighted by atomic mass is 16.2. The average Bonchev–Trinajstić information content (AvgIpc) is 3.49. The highest BCUT2D eigenvalue weighted by Crippen LogP contribution is 2.17. The molecule has 0 aromatic heterocycles. The third-order valence-corrected chi connectivity index (χ3v) is 15.9. The Hall–Kier alpha value is -3.72. The van der Waals surface area contributed by atoms with E-state index < -0.39 is 41.9 Å². The number of nitrogens with two attached hydrogens (primary N) is 6. The molecule has 84 heavy (non-hydrogen) atoms. The summed E-state index contributed by atoms with van der Waals surface area (Å²) in [5.41, 5.74) is 35.3. The van der Waals surface area contributed by atoms with Crippen LogP contribution in [0.3, 0.4) is 0 Å². The van der Waals surface area contributed by atoms with Gasteiger partial charge in [-0.15, -0.1) is 0 Å². The van der Waals surface area contributed by atoms with Crippen molar-refractivity contribution in [3.63, 3.8) is 0 Å². The van der Waals surface area contributed by atoms with Crippen LogP contribution >= 0.6 is 0 Å². The van der Waals surface area contributed by atoms with Crippen LogP contribution in [0.5, 0.6) is 0 Å². The summed E-state index contributed by atoms with van der Waals surface area (Å²) in [6, 6.07) is -2.80. The molecule has 0 bridgehead atoms. The molecular weight excluding hydrogens is 1060 g/mol. The standard InChI is InChI=1S/C65H131N13O6/c1-3-5-7-9-11-13-15-17-18-19-20-22-24-26-28-37-47-73-65(84)59(43-33-38-48-72-62(81)56(69)40-30-34-44-66)77-61(80)55(39-29-27-25-23-21-16-14-12-10-8-6-4-2)60(79)74-49-52-78(53-50-75-63(82)57(70)41-31-35-45-67)54-51-76-64(83)58(71)42-32-36-46-68/h17-18,55-59H,3-16,19-54,66-71H2,1-2H3,(H,72,81)(H,73,84)(H,74,79)(H,75,82)(H,76,83)(H,77,80)/b18-17-/t55?,56-,57-,58-,59-/m0/s1. The lowest BCUT2D eigenvalue weighted by Gasteiger charge is -2.25. The van der Waals surface area contributed by atoms with E-state index in [-0.39, 0.29) is 30.2 Å². The molecule has 0 fully saturated rings. The Bertz CT molecular complexity index is 1590. The third kappa shape index (κ3) is 48.4. The fourth-order valence-corrected chi connectivity index (χ4v) is 10.3. The van der Waals surface area contributed by atoms with Crippen molar-refractivity contribution in [3.05, 3.63) is 12.2 Å². The number of nitrogens with one attached hydrogen (secondary N) is 6. The van der Waals surface area contributed by atoms with E-state index in [1.54, 1.807) is 0 Å².